The van der Waals surface area contributed by atoms with Crippen LogP contribution < -0.4 is 38.1 Å². The molecule has 7 amide bonds. The fourth-order valence-electron chi connectivity index (χ4n) is 6.25. The first kappa shape index (κ1) is 46.9. The summed E-state index contributed by atoms with van der Waals surface area (Å²) in [5, 5.41) is 13.6. The molecule has 0 spiro atoms. The van der Waals surface area contributed by atoms with E-state index in [1.165, 1.54) is 6.92 Å². The largest absolute Gasteiger partial charge is 0.370 e. The molecule has 0 saturated heterocycles. The maximum absolute atomic E-state index is 13.2. The predicted octanol–water partition coefficient (Wildman–Crippen LogP) is 2.85. The zero-order valence-corrected chi connectivity index (χ0v) is 33.3. The number of hydrogen-bond donors (Lipinski definition) is 7. The highest BCUT2D eigenvalue weighted by Gasteiger charge is 2.30. The smallest absolute Gasteiger partial charge is 0.243 e. The summed E-state index contributed by atoms with van der Waals surface area (Å²) in [6, 6.07) is 14.7. The molecule has 0 aliphatic rings. The zero-order chi connectivity index (χ0) is 41.3. The van der Waals surface area contributed by atoms with E-state index in [0.29, 0.717) is 25.8 Å². The van der Waals surface area contributed by atoms with Crippen molar-refractivity contribution in [2.45, 2.75) is 135 Å². The van der Waals surface area contributed by atoms with Gasteiger partial charge in [-0.15, -0.1) is 0 Å². The van der Waals surface area contributed by atoms with Gasteiger partial charge < -0.3 is 38.1 Å². The first-order chi connectivity index (χ1) is 26.8. The van der Waals surface area contributed by atoms with E-state index in [9.17, 15) is 33.6 Å². The average Bonchev–Trinajstić information content (AvgIpc) is 3.16. The number of amides is 7. The van der Waals surface area contributed by atoms with Crippen LogP contribution in [0.15, 0.2) is 60.7 Å². The zero-order valence-electron chi connectivity index (χ0n) is 33.3. The molecular formula is C42H63N7O7. The monoisotopic (exact) mass is 777 g/mol. The maximum atomic E-state index is 13.2. The van der Waals surface area contributed by atoms with Gasteiger partial charge in [0.05, 0.1) is 6.42 Å². The molecule has 0 heterocycles. The van der Waals surface area contributed by atoms with Gasteiger partial charge >= 0.3 is 0 Å². The van der Waals surface area contributed by atoms with Gasteiger partial charge in [0.15, 0.2) is 0 Å². The molecular weight excluding hydrogens is 715 g/mol. The minimum atomic E-state index is -1.16. The molecule has 0 unspecified atom stereocenters. The van der Waals surface area contributed by atoms with E-state index >= 15 is 0 Å². The third-order valence-electron chi connectivity index (χ3n) is 9.65. The number of carbonyl (C=O) groups is 7. The Morgan fingerprint density at radius 2 is 1.09 bits per heavy atom. The lowest BCUT2D eigenvalue weighted by Gasteiger charge is -2.26. The van der Waals surface area contributed by atoms with Gasteiger partial charge in [0, 0.05) is 32.7 Å². The Morgan fingerprint density at radius 3 is 1.59 bits per heavy atom. The van der Waals surface area contributed by atoms with Crippen LogP contribution in [-0.2, 0) is 46.4 Å². The molecule has 9 N–H and O–H groups in total. The summed E-state index contributed by atoms with van der Waals surface area (Å²) >= 11 is 0. The van der Waals surface area contributed by atoms with Crippen molar-refractivity contribution in [3.63, 3.8) is 0 Å². The Bertz CT molecular complexity index is 1540. The van der Waals surface area contributed by atoms with Gasteiger partial charge in [-0.3, -0.25) is 33.6 Å². The number of benzene rings is 2. The molecule has 0 bridgehead atoms. The van der Waals surface area contributed by atoms with Crippen LogP contribution in [0.1, 0.15) is 109 Å². The average molecular weight is 778 g/mol. The van der Waals surface area contributed by atoms with E-state index in [0.717, 1.165) is 62.5 Å². The van der Waals surface area contributed by atoms with Gasteiger partial charge in [-0.1, -0.05) is 126 Å². The molecule has 56 heavy (non-hydrogen) atoms. The number of nitrogens with one attached hydrogen (secondary N) is 5. The van der Waals surface area contributed by atoms with E-state index in [1.54, 1.807) is 0 Å². The maximum Gasteiger partial charge on any atom is 0.243 e. The van der Waals surface area contributed by atoms with Gasteiger partial charge in [0.25, 0.3) is 0 Å². The van der Waals surface area contributed by atoms with Crippen LogP contribution in [0.2, 0.25) is 0 Å². The second-order valence-electron chi connectivity index (χ2n) is 14.5. The first-order valence-electron chi connectivity index (χ1n) is 19.9. The third-order valence-corrected chi connectivity index (χ3v) is 9.65. The number of hydrogen-bond acceptors (Lipinski definition) is 7. The molecule has 14 nitrogen and oxygen atoms in total. The predicted molar refractivity (Wildman–Crippen MR) is 215 cm³/mol. The van der Waals surface area contributed by atoms with Gasteiger partial charge in [-0.2, -0.15) is 0 Å². The highest BCUT2D eigenvalue weighted by atomic mass is 16.2. The Hall–Kier alpha value is -5.27. The van der Waals surface area contributed by atoms with Crippen LogP contribution in [0, 0.1) is 5.92 Å². The lowest BCUT2D eigenvalue weighted by atomic mass is 9.97. The van der Waals surface area contributed by atoms with Gasteiger partial charge in [0.1, 0.15) is 24.2 Å². The molecule has 0 saturated carbocycles. The standard InChI is InChI=1S/C42H63N7O7/c1-4-29(2)38(42(56)47-33(39(44)53)26-31-20-14-12-15-21-31)49-37(52)24-18-10-8-6-5-7-9-11-19-25-45-40(54)35(28-36(43)51)48-41(55)34(46-30(3)50)27-32-22-16-13-17-23-32/h12-17,20-23,29,33-35,38H,4-11,18-19,24-28H2,1-3H3,(H2,43,51)(H2,44,53)(H,45,54)(H,46,50)(H,47,56)(H,48,55)(H,49,52)/t29-,33+,34+,35+,38+/m1/s1. The van der Waals surface area contributed by atoms with E-state index in [-0.39, 0.29) is 31.1 Å². The van der Waals surface area contributed by atoms with Gasteiger partial charge in [0.2, 0.25) is 41.4 Å². The number of nitrogens with two attached hydrogens (primary N) is 2. The SMILES string of the molecule is CC[C@@H](C)[C@H](NC(=O)CCCCCCCCCCCNC(=O)[C@H](CC(N)=O)NC(=O)[C@H](Cc1ccccc1)NC(C)=O)C(=O)N[C@@H](Cc1ccccc1)C(N)=O. The van der Waals surface area contributed by atoms with E-state index < -0.39 is 59.6 Å². The Kier molecular flexibility index (Phi) is 22.2. The van der Waals surface area contributed by atoms with Crippen LogP contribution >= 0.6 is 0 Å². The molecule has 2 rings (SSSR count). The second kappa shape index (κ2) is 26.5. The Morgan fingerprint density at radius 1 is 0.589 bits per heavy atom. The quantitative estimate of drug-likeness (QED) is 0.0638. The van der Waals surface area contributed by atoms with Crippen molar-refractivity contribution < 1.29 is 33.6 Å². The lowest BCUT2D eigenvalue weighted by Crippen LogP contribution is -2.55. The molecule has 0 fully saturated rings. The van der Waals surface area contributed by atoms with Crippen LogP contribution in [0.25, 0.3) is 0 Å². The van der Waals surface area contributed by atoms with Crippen LogP contribution in [0.3, 0.4) is 0 Å². The minimum Gasteiger partial charge on any atom is -0.370 e. The summed E-state index contributed by atoms with van der Waals surface area (Å²) in [4.78, 5) is 87.4. The summed E-state index contributed by atoms with van der Waals surface area (Å²) in [5.74, 6) is -3.61. The second-order valence-corrected chi connectivity index (χ2v) is 14.5. The van der Waals surface area contributed by atoms with Crippen LogP contribution in [0.5, 0.6) is 0 Å². The summed E-state index contributed by atoms with van der Waals surface area (Å²) in [7, 11) is 0. The number of unbranched alkanes of at least 4 members (excludes halogenated alkanes) is 8. The summed E-state index contributed by atoms with van der Waals surface area (Å²) in [6.45, 7) is 5.52. The molecule has 14 heteroatoms. The number of carbonyl (C=O) groups excluding carboxylic acids is 7. The van der Waals surface area contributed by atoms with E-state index in [2.05, 4.69) is 26.6 Å². The van der Waals surface area contributed by atoms with Crippen molar-refractivity contribution in [3.05, 3.63) is 71.8 Å². The van der Waals surface area contributed by atoms with E-state index in [1.807, 2.05) is 74.5 Å². The van der Waals surface area contributed by atoms with Crippen LogP contribution in [0.4, 0.5) is 0 Å². The summed E-state index contributed by atoms with van der Waals surface area (Å²) < 4.78 is 0. The van der Waals surface area contributed by atoms with Crippen molar-refractivity contribution in [2.75, 3.05) is 6.54 Å². The van der Waals surface area contributed by atoms with Crippen molar-refractivity contribution in [2.24, 2.45) is 17.4 Å². The highest BCUT2D eigenvalue weighted by molar-refractivity contribution is 5.94. The normalized spacial score (nSPS) is 13.6. The van der Waals surface area contributed by atoms with Crippen molar-refractivity contribution >= 4 is 41.4 Å². The highest BCUT2D eigenvalue weighted by Crippen LogP contribution is 2.13. The fourth-order valence-corrected chi connectivity index (χ4v) is 6.25. The molecule has 0 aliphatic carbocycles. The summed E-state index contributed by atoms with van der Waals surface area (Å²) in [5.41, 5.74) is 12.6. The Labute approximate surface area is 331 Å². The third kappa shape index (κ3) is 19.4. The van der Waals surface area contributed by atoms with Crippen molar-refractivity contribution in [1.29, 1.82) is 0 Å². The molecule has 2 aromatic rings. The fraction of sp³-hybridized carbons (Fsp3) is 0.548. The summed E-state index contributed by atoms with van der Waals surface area (Å²) in [6.07, 6.45) is 9.39. The Balaban J connectivity index is 1.64. The van der Waals surface area contributed by atoms with E-state index in [4.69, 9.17) is 11.5 Å². The lowest BCUT2D eigenvalue weighted by molar-refractivity contribution is -0.133. The molecule has 0 aliphatic heterocycles. The molecule has 2 aromatic carbocycles. The van der Waals surface area contributed by atoms with Crippen molar-refractivity contribution in [1.82, 2.24) is 26.6 Å². The molecule has 0 radical (unpaired) electrons. The number of rotatable bonds is 28. The molecule has 0 aromatic heterocycles. The molecule has 5 atom stereocenters. The first-order valence-corrected chi connectivity index (χ1v) is 19.9. The molecule has 308 valence electrons. The minimum absolute atomic E-state index is 0.132. The van der Waals surface area contributed by atoms with Crippen LogP contribution in [-0.4, -0.2) is 72.1 Å². The topological polar surface area (TPSA) is 232 Å². The van der Waals surface area contributed by atoms with Crippen molar-refractivity contribution in [3.8, 4) is 0 Å². The van der Waals surface area contributed by atoms with Gasteiger partial charge in [-0.25, -0.2) is 0 Å². The van der Waals surface area contributed by atoms with Gasteiger partial charge in [-0.05, 0) is 29.9 Å². The number of primary amides is 2.